The molecular formula is C21H26NO7S+. The van der Waals surface area contributed by atoms with Gasteiger partial charge >= 0.3 is 22.2 Å². The topological polar surface area (TPSA) is 99.8 Å². The van der Waals surface area contributed by atoms with E-state index in [2.05, 4.69) is 4.18 Å². The van der Waals surface area contributed by atoms with Crippen molar-refractivity contribution in [3.05, 3.63) is 59.4 Å². The maximum absolute atomic E-state index is 12.3. The van der Waals surface area contributed by atoms with Crippen LogP contribution in [0.15, 0.2) is 42.7 Å². The molecule has 0 amide bonds. The van der Waals surface area contributed by atoms with Crippen LogP contribution in [0, 0.1) is 0 Å². The number of carbonyl (C=O) groups is 2. The van der Waals surface area contributed by atoms with Gasteiger partial charge in [-0.2, -0.15) is 13.0 Å². The summed E-state index contributed by atoms with van der Waals surface area (Å²) in [6, 6.07) is 8.63. The van der Waals surface area contributed by atoms with Crippen molar-refractivity contribution in [3.63, 3.8) is 0 Å². The van der Waals surface area contributed by atoms with E-state index in [1.54, 1.807) is 6.20 Å². The Kier molecular flexibility index (Phi) is 7.55. The van der Waals surface area contributed by atoms with Gasteiger partial charge in [0.2, 0.25) is 0 Å². The molecular weight excluding hydrogens is 410 g/mol. The van der Waals surface area contributed by atoms with E-state index < -0.39 is 22.2 Å². The summed E-state index contributed by atoms with van der Waals surface area (Å²) in [5.74, 6) is -0.235. The second-order valence-electron chi connectivity index (χ2n) is 7.38. The molecule has 0 atom stereocenters. The molecule has 0 bridgehead atoms. The summed E-state index contributed by atoms with van der Waals surface area (Å²) in [6.45, 7) is 7.80. The van der Waals surface area contributed by atoms with E-state index in [4.69, 9.17) is 9.47 Å². The molecule has 2 aromatic rings. The van der Waals surface area contributed by atoms with Crippen LogP contribution in [0.1, 0.15) is 61.0 Å². The number of ether oxygens (including phenoxy) is 2. The fourth-order valence-electron chi connectivity index (χ4n) is 2.75. The summed E-state index contributed by atoms with van der Waals surface area (Å²) in [4.78, 5) is 24.2. The summed E-state index contributed by atoms with van der Waals surface area (Å²) in [7, 11) is -3.93. The lowest BCUT2D eigenvalue weighted by molar-refractivity contribution is -0.727. The molecule has 1 heterocycles. The maximum atomic E-state index is 12.3. The molecule has 0 aliphatic heterocycles. The Labute approximate surface area is 176 Å². The molecule has 0 N–H and O–H groups in total. The number of hydrogen-bond acceptors (Lipinski definition) is 7. The molecule has 0 saturated carbocycles. The van der Waals surface area contributed by atoms with Crippen LogP contribution >= 0.6 is 0 Å². The van der Waals surface area contributed by atoms with Gasteiger partial charge in [0.05, 0.1) is 6.26 Å². The number of aromatic nitrogens is 1. The molecule has 2 rings (SSSR count). The Balaban J connectivity index is 2.11. The van der Waals surface area contributed by atoms with E-state index in [0.717, 1.165) is 17.4 Å². The maximum Gasteiger partial charge on any atom is 0.518 e. The first-order valence-electron chi connectivity index (χ1n) is 9.38. The predicted octanol–water partition coefficient (Wildman–Crippen LogP) is 3.51. The van der Waals surface area contributed by atoms with Crippen molar-refractivity contribution >= 4 is 22.2 Å². The van der Waals surface area contributed by atoms with Crippen molar-refractivity contribution in [2.45, 2.75) is 46.3 Å². The number of benzene rings is 1. The summed E-state index contributed by atoms with van der Waals surface area (Å²) in [5.41, 5.74) is 1.79. The number of hydrogen-bond donors (Lipinski definition) is 0. The van der Waals surface area contributed by atoms with Gasteiger partial charge in [-0.3, -0.25) is 0 Å². The predicted molar refractivity (Wildman–Crippen MR) is 109 cm³/mol. The number of carbonyl (C=O) groups excluding carboxylic acids is 2. The third kappa shape index (κ3) is 6.55. The third-order valence-corrected chi connectivity index (χ3v) is 4.61. The monoisotopic (exact) mass is 436 g/mol. The van der Waals surface area contributed by atoms with Gasteiger partial charge in [-0.25, -0.2) is 9.59 Å². The van der Waals surface area contributed by atoms with E-state index in [1.165, 1.54) is 22.9 Å². The Morgan fingerprint density at radius 2 is 1.60 bits per heavy atom. The normalized spacial score (nSPS) is 11.4. The molecule has 0 unspecified atom stereocenters. The highest BCUT2D eigenvalue weighted by atomic mass is 32.2. The minimum absolute atomic E-state index is 0.00728. The van der Waals surface area contributed by atoms with Crippen molar-refractivity contribution in [1.82, 2.24) is 0 Å². The fraction of sp³-hybridized carbons (Fsp3) is 0.381. The van der Waals surface area contributed by atoms with Crippen molar-refractivity contribution in [3.8, 4) is 5.75 Å². The number of rotatable bonds is 7. The SMILES string of the molecule is CC(C)c1cccc(C(C)C)c1OC(=O)OC[n+]1cccc(C(=O)OS(C)(=O)=O)c1. The van der Waals surface area contributed by atoms with Crippen molar-refractivity contribution < 1.29 is 36.2 Å². The van der Waals surface area contributed by atoms with Gasteiger partial charge in [0.25, 0.3) is 6.73 Å². The summed E-state index contributed by atoms with van der Waals surface area (Å²) in [5, 5.41) is 0. The average molecular weight is 437 g/mol. The van der Waals surface area contributed by atoms with Gasteiger partial charge < -0.3 is 13.7 Å². The average Bonchev–Trinajstić information content (AvgIpc) is 2.65. The van der Waals surface area contributed by atoms with Crippen LogP contribution < -0.4 is 9.30 Å². The molecule has 0 spiro atoms. The summed E-state index contributed by atoms with van der Waals surface area (Å²) in [6.07, 6.45) is 2.75. The molecule has 9 heteroatoms. The van der Waals surface area contributed by atoms with Crippen LogP contribution in [-0.4, -0.2) is 26.8 Å². The zero-order valence-corrected chi connectivity index (χ0v) is 18.4. The number of para-hydroxylation sites is 1. The van der Waals surface area contributed by atoms with Gasteiger partial charge in [0, 0.05) is 6.07 Å². The minimum Gasteiger partial charge on any atom is -0.394 e. The van der Waals surface area contributed by atoms with E-state index in [1.807, 2.05) is 45.9 Å². The first kappa shape index (κ1) is 23.3. The molecule has 0 aliphatic rings. The Morgan fingerprint density at radius 3 is 2.13 bits per heavy atom. The number of pyridine rings is 1. The minimum atomic E-state index is -3.93. The number of nitrogens with zero attached hydrogens (tertiary/aromatic N) is 1. The van der Waals surface area contributed by atoms with Crippen molar-refractivity contribution in [2.24, 2.45) is 0 Å². The molecule has 0 fully saturated rings. The van der Waals surface area contributed by atoms with Gasteiger partial charge in [-0.15, -0.1) is 0 Å². The Morgan fingerprint density at radius 1 is 1.00 bits per heavy atom. The lowest BCUT2D eigenvalue weighted by Gasteiger charge is -2.18. The molecule has 1 aromatic heterocycles. The molecule has 0 saturated heterocycles. The molecule has 1 aromatic carbocycles. The van der Waals surface area contributed by atoms with E-state index in [0.29, 0.717) is 5.75 Å². The molecule has 0 aliphatic carbocycles. The highest BCUT2D eigenvalue weighted by Gasteiger charge is 2.21. The van der Waals surface area contributed by atoms with E-state index in [-0.39, 0.29) is 24.1 Å². The summed E-state index contributed by atoms with van der Waals surface area (Å²) >= 11 is 0. The molecule has 0 radical (unpaired) electrons. The van der Waals surface area contributed by atoms with Gasteiger partial charge in [-0.05, 0) is 29.0 Å². The van der Waals surface area contributed by atoms with Crippen LogP contribution in [0.3, 0.4) is 0 Å². The molecule has 30 heavy (non-hydrogen) atoms. The fourth-order valence-corrected chi connectivity index (χ4v) is 3.12. The van der Waals surface area contributed by atoms with Crippen LogP contribution in [0.4, 0.5) is 4.79 Å². The second-order valence-corrected chi connectivity index (χ2v) is 8.96. The van der Waals surface area contributed by atoms with Crippen molar-refractivity contribution in [2.75, 3.05) is 6.26 Å². The van der Waals surface area contributed by atoms with Gasteiger partial charge in [-0.1, -0.05) is 45.9 Å². The quantitative estimate of drug-likeness (QED) is 0.283. The first-order chi connectivity index (χ1) is 14.0. The second kappa shape index (κ2) is 9.71. The van der Waals surface area contributed by atoms with Crippen LogP contribution in [0.5, 0.6) is 5.75 Å². The van der Waals surface area contributed by atoms with E-state index in [9.17, 15) is 18.0 Å². The Bertz CT molecular complexity index is 1000. The van der Waals surface area contributed by atoms with Crippen LogP contribution in [-0.2, 0) is 25.8 Å². The van der Waals surface area contributed by atoms with Crippen LogP contribution in [0.25, 0.3) is 0 Å². The zero-order chi connectivity index (χ0) is 22.5. The molecule has 8 nitrogen and oxygen atoms in total. The van der Waals surface area contributed by atoms with Crippen LogP contribution in [0.2, 0.25) is 0 Å². The molecule has 162 valence electrons. The Hall–Kier alpha value is -2.94. The van der Waals surface area contributed by atoms with E-state index >= 15 is 0 Å². The largest absolute Gasteiger partial charge is 0.518 e. The smallest absolute Gasteiger partial charge is 0.394 e. The van der Waals surface area contributed by atoms with Crippen molar-refractivity contribution in [1.29, 1.82) is 0 Å². The standard InChI is InChI=1S/C21H26NO7S/c1-14(2)17-9-6-10-18(15(3)4)19(17)28-21(24)27-13-22-11-7-8-16(12-22)20(23)29-30(5,25)26/h6-12,14-15H,13H2,1-5H3/q+1. The van der Waals surface area contributed by atoms with Gasteiger partial charge in [0.15, 0.2) is 12.4 Å². The highest BCUT2D eigenvalue weighted by Crippen LogP contribution is 2.34. The zero-order valence-electron chi connectivity index (χ0n) is 17.6. The lowest BCUT2D eigenvalue weighted by atomic mass is 9.94. The third-order valence-electron chi connectivity index (χ3n) is 4.16. The van der Waals surface area contributed by atoms with Gasteiger partial charge in [0.1, 0.15) is 11.3 Å². The highest BCUT2D eigenvalue weighted by molar-refractivity contribution is 7.86. The first-order valence-corrected chi connectivity index (χ1v) is 11.2. The lowest BCUT2D eigenvalue weighted by Crippen LogP contribution is -2.37. The summed E-state index contributed by atoms with van der Waals surface area (Å²) < 4.78 is 38.6.